The number of aryl methyl sites for hydroxylation is 1. The number of carbonyl (C=O) groups is 2. The summed E-state index contributed by atoms with van der Waals surface area (Å²) in [7, 11) is 0. The molecule has 0 unspecified atom stereocenters. The van der Waals surface area contributed by atoms with Crippen molar-refractivity contribution in [3.05, 3.63) is 39.9 Å². The molecular weight excluding hydrogens is 322 g/mol. The first-order valence-corrected chi connectivity index (χ1v) is 8.60. The zero-order valence-electron chi connectivity index (χ0n) is 13.7. The Morgan fingerprint density at radius 1 is 1.20 bits per heavy atom. The Labute approximate surface area is 143 Å². The van der Waals surface area contributed by atoms with E-state index in [0.717, 1.165) is 31.5 Å². The number of hydrogen-bond donors (Lipinski definition) is 2. The summed E-state index contributed by atoms with van der Waals surface area (Å²) in [5.41, 5.74) is -0.387. The summed E-state index contributed by atoms with van der Waals surface area (Å²) < 4.78 is 1.73. The molecule has 7 heteroatoms. The number of nitrogens with zero attached hydrogens (tertiary/aromatic N) is 2. The van der Waals surface area contributed by atoms with E-state index in [2.05, 4.69) is 10.3 Å². The number of aliphatic carboxylic acids is 1. The third kappa shape index (κ3) is 2.69. The van der Waals surface area contributed by atoms with E-state index in [4.69, 9.17) is 0 Å². The number of nitrogens with one attached hydrogen (secondary N) is 1. The zero-order chi connectivity index (χ0) is 17.6. The lowest BCUT2D eigenvalue weighted by Crippen LogP contribution is -2.43. The normalized spacial score (nSPS) is 18.2. The molecule has 0 bridgehead atoms. The fourth-order valence-corrected chi connectivity index (χ4v) is 3.37. The van der Waals surface area contributed by atoms with Gasteiger partial charge in [0.15, 0.2) is 0 Å². The molecule has 2 heterocycles. The first-order chi connectivity index (χ1) is 12.0. The molecule has 0 radical (unpaired) electrons. The van der Waals surface area contributed by atoms with Crippen molar-refractivity contribution in [3.63, 3.8) is 0 Å². The van der Waals surface area contributed by atoms with Gasteiger partial charge in [-0.3, -0.25) is 14.2 Å². The van der Waals surface area contributed by atoms with Crippen molar-refractivity contribution in [2.45, 2.75) is 50.6 Å². The molecule has 2 aromatic rings. The molecule has 0 spiro atoms. The van der Waals surface area contributed by atoms with Gasteiger partial charge in [-0.05, 0) is 43.9 Å². The van der Waals surface area contributed by atoms with Crippen LogP contribution in [0.5, 0.6) is 0 Å². The first kappa shape index (κ1) is 15.8. The lowest BCUT2D eigenvalue weighted by Gasteiger charge is -2.13. The summed E-state index contributed by atoms with van der Waals surface area (Å²) in [5, 5.41) is 12.3. The van der Waals surface area contributed by atoms with Crippen LogP contribution in [-0.2, 0) is 17.8 Å². The second-order valence-electron chi connectivity index (χ2n) is 6.87. The predicted molar refractivity (Wildman–Crippen MR) is 90.6 cm³/mol. The van der Waals surface area contributed by atoms with E-state index in [1.165, 1.54) is 0 Å². The molecule has 4 rings (SSSR count). The van der Waals surface area contributed by atoms with Gasteiger partial charge in [-0.25, -0.2) is 9.78 Å². The van der Waals surface area contributed by atoms with Crippen LogP contribution in [0.4, 0.5) is 0 Å². The number of aromatic nitrogens is 2. The largest absolute Gasteiger partial charge is 0.480 e. The van der Waals surface area contributed by atoms with Gasteiger partial charge in [0.05, 0.1) is 10.9 Å². The number of carboxylic acids is 1. The van der Waals surface area contributed by atoms with E-state index < -0.39 is 17.4 Å². The van der Waals surface area contributed by atoms with Gasteiger partial charge >= 0.3 is 5.97 Å². The van der Waals surface area contributed by atoms with Crippen molar-refractivity contribution in [2.24, 2.45) is 0 Å². The standard InChI is InChI=1S/C18H19N3O4/c22-15(20-18(7-8-18)17(24)25)11-5-6-12-13(10-11)19-14-4-2-1-3-9-21(14)16(12)23/h5-6,10H,1-4,7-9H2,(H,20,22)(H,24,25). The summed E-state index contributed by atoms with van der Waals surface area (Å²) in [5.74, 6) is -0.696. The van der Waals surface area contributed by atoms with Crippen molar-refractivity contribution < 1.29 is 14.7 Å². The molecule has 1 aliphatic heterocycles. The van der Waals surface area contributed by atoms with Crippen LogP contribution in [0.15, 0.2) is 23.0 Å². The van der Waals surface area contributed by atoms with E-state index in [1.54, 1.807) is 22.8 Å². The molecule has 0 atom stereocenters. The number of carboxylic acid groups (broad SMARTS) is 1. The van der Waals surface area contributed by atoms with E-state index in [0.29, 0.717) is 35.9 Å². The third-order valence-corrected chi connectivity index (χ3v) is 5.09. The van der Waals surface area contributed by atoms with Gasteiger partial charge in [0, 0.05) is 18.5 Å². The van der Waals surface area contributed by atoms with Crippen LogP contribution in [0.25, 0.3) is 10.9 Å². The highest BCUT2D eigenvalue weighted by atomic mass is 16.4. The topological polar surface area (TPSA) is 101 Å². The molecule has 7 nitrogen and oxygen atoms in total. The van der Waals surface area contributed by atoms with E-state index >= 15 is 0 Å². The van der Waals surface area contributed by atoms with Crippen LogP contribution in [0.2, 0.25) is 0 Å². The van der Waals surface area contributed by atoms with Gasteiger partial charge in [-0.15, -0.1) is 0 Å². The maximum atomic E-state index is 12.7. The highest BCUT2D eigenvalue weighted by Crippen LogP contribution is 2.35. The number of amides is 1. The number of carbonyl (C=O) groups excluding carboxylic acids is 1. The summed E-state index contributed by atoms with van der Waals surface area (Å²) in [4.78, 5) is 40.9. The van der Waals surface area contributed by atoms with E-state index in [1.807, 2.05) is 0 Å². The molecule has 2 N–H and O–H groups in total. The molecule has 130 valence electrons. The zero-order valence-corrected chi connectivity index (χ0v) is 13.7. The van der Waals surface area contributed by atoms with E-state index in [9.17, 15) is 19.5 Å². The Kier molecular flexibility index (Phi) is 3.59. The molecule has 25 heavy (non-hydrogen) atoms. The van der Waals surface area contributed by atoms with Crippen molar-refractivity contribution in [1.29, 1.82) is 0 Å². The number of benzene rings is 1. The van der Waals surface area contributed by atoms with Crippen LogP contribution in [0.3, 0.4) is 0 Å². The van der Waals surface area contributed by atoms with Crippen molar-refractivity contribution in [2.75, 3.05) is 0 Å². The maximum absolute atomic E-state index is 12.7. The molecule has 2 aliphatic rings. The van der Waals surface area contributed by atoms with Crippen molar-refractivity contribution >= 4 is 22.8 Å². The van der Waals surface area contributed by atoms with Crippen LogP contribution in [0.1, 0.15) is 48.3 Å². The molecule has 1 saturated carbocycles. The number of rotatable bonds is 3. The predicted octanol–water partition coefficient (Wildman–Crippen LogP) is 1.47. The first-order valence-electron chi connectivity index (χ1n) is 8.60. The van der Waals surface area contributed by atoms with Gasteiger partial charge in [-0.2, -0.15) is 0 Å². The van der Waals surface area contributed by atoms with Gasteiger partial charge in [0.25, 0.3) is 11.5 Å². The average Bonchev–Trinajstić information content (AvgIpc) is 3.39. The number of fused-ring (bicyclic) bond motifs is 2. The Morgan fingerprint density at radius 2 is 2.00 bits per heavy atom. The number of hydrogen-bond acceptors (Lipinski definition) is 4. The van der Waals surface area contributed by atoms with E-state index in [-0.39, 0.29) is 5.56 Å². The monoisotopic (exact) mass is 341 g/mol. The Balaban J connectivity index is 1.72. The van der Waals surface area contributed by atoms with Gasteiger partial charge in [-0.1, -0.05) is 6.42 Å². The SMILES string of the molecule is O=C(NC1(C(=O)O)CC1)c1ccc2c(=O)n3c(nc2c1)CCCCC3. The Morgan fingerprint density at radius 3 is 2.72 bits per heavy atom. The second-order valence-corrected chi connectivity index (χ2v) is 6.87. The summed E-state index contributed by atoms with van der Waals surface area (Å²) in [6, 6.07) is 4.75. The summed E-state index contributed by atoms with van der Waals surface area (Å²) in [6.45, 7) is 0.681. The minimum absolute atomic E-state index is 0.0712. The molecule has 1 aromatic heterocycles. The third-order valence-electron chi connectivity index (χ3n) is 5.09. The highest BCUT2D eigenvalue weighted by molar-refractivity contribution is 6.01. The van der Waals surface area contributed by atoms with Gasteiger partial charge in [0.2, 0.25) is 0 Å². The van der Waals surface area contributed by atoms with Gasteiger partial charge in [0.1, 0.15) is 11.4 Å². The molecular formula is C18H19N3O4. The Bertz CT molecular complexity index is 943. The molecule has 1 fully saturated rings. The fraction of sp³-hybridized carbons (Fsp3) is 0.444. The highest BCUT2D eigenvalue weighted by Gasteiger charge is 2.51. The van der Waals surface area contributed by atoms with Crippen LogP contribution >= 0.6 is 0 Å². The molecule has 1 amide bonds. The van der Waals surface area contributed by atoms with Crippen molar-refractivity contribution in [3.8, 4) is 0 Å². The molecule has 0 saturated heterocycles. The Hall–Kier alpha value is -2.70. The summed E-state index contributed by atoms with van der Waals surface area (Å²) in [6.07, 6.45) is 4.68. The van der Waals surface area contributed by atoms with Crippen LogP contribution < -0.4 is 10.9 Å². The fourth-order valence-electron chi connectivity index (χ4n) is 3.37. The quantitative estimate of drug-likeness (QED) is 0.880. The van der Waals surface area contributed by atoms with Crippen LogP contribution in [-0.4, -0.2) is 32.1 Å². The van der Waals surface area contributed by atoms with Gasteiger partial charge < -0.3 is 10.4 Å². The smallest absolute Gasteiger partial charge is 0.329 e. The lowest BCUT2D eigenvalue weighted by molar-refractivity contribution is -0.140. The molecule has 1 aliphatic carbocycles. The molecule has 1 aromatic carbocycles. The second kappa shape index (κ2) is 5.68. The van der Waals surface area contributed by atoms with Crippen LogP contribution in [0, 0.1) is 0 Å². The average molecular weight is 341 g/mol. The lowest BCUT2D eigenvalue weighted by atomic mass is 10.1. The van der Waals surface area contributed by atoms with Crippen molar-refractivity contribution in [1.82, 2.24) is 14.9 Å². The minimum Gasteiger partial charge on any atom is -0.480 e. The minimum atomic E-state index is -1.13. The summed E-state index contributed by atoms with van der Waals surface area (Å²) >= 11 is 0. The maximum Gasteiger partial charge on any atom is 0.329 e.